The van der Waals surface area contributed by atoms with Gasteiger partial charge in [0.15, 0.2) is 0 Å². The number of Topliss-reactive ketones (excluding diaryl/α,β-unsaturated/α-hetero) is 1. The third-order valence-corrected chi connectivity index (χ3v) is 10.9. The van der Waals surface area contributed by atoms with E-state index in [2.05, 4.69) is 27.8 Å². The molecule has 3 aliphatic rings. The van der Waals surface area contributed by atoms with Gasteiger partial charge in [0, 0.05) is 32.5 Å². The summed E-state index contributed by atoms with van der Waals surface area (Å²) in [6.07, 6.45) is 7.61. The first-order valence-corrected chi connectivity index (χ1v) is 19.2. The number of piperidine rings is 1. The van der Waals surface area contributed by atoms with Crippen LogP contribution >= 0.6 is 0 Å². The number of urea groups is 1. The molecule has 292 valence electrons. The Balaban J connectivity index is 1.86. The van der Waals surface area contributed by atoms with Crippen LogP contribution in [0.5, 0.6) is 0 Å². The van der Waals surface area contributed by atoms with Gasteiger partial charge in [-0.3, -0.25) is 33.7 Å². The molecular formula is C39H64N6O7. The molecule has 0 spiro atoms. The zero-order chi connectivity index (χ0) is 39.0. The highest BCUT2D eigenvalue weighted by atomic mass is 16.2. The van der Waals surface area contributed by atoms with Gasteiger partial charge < -0.3 is 26.2 Å². The number of nitrogens with one attached hydrogen (secondary N) is 4. The zero-order valence-electron chi connectivity index (χ0n) is 32.8. The number of likely N-dealkylation sites (tertiary alicyclic amines) is 2. The SMILES string of the molecule is C=CCNC(=O)C(=O)C(CCC)NC(=O)[C@@H]1[C@@H](C(C)C)CCN1C(=O)[C@@H](NC(=O)N[C@H](CN1C(=O)CC(C)(C)CC1=O)C(C)(C)C)C1CCCCC1. The fourth-order valence-electron chi connectivity index (χ4n) is 7.82. The summed E-state index contributed by atoms with van der Waals surface area (Å²) in [5, 5.41) is 11.3. The first kappa shape index (κ1) is 42.6. The van der Waals surface area contributed by atoms with Crippen LogP contribution in [0.1, 0.15) is 120 Å². The molecule has 4 N–H and O–H groups in total. The quantitative estimate of drug-likeness (QED) is 0.113. The second kappa shape index (κ2) is 18.3. The standard InChI is InChI=1S/C39H64N6O7/c1-10-15-27(33(48)35(50)40-19-11-2)41-34(49)32-26(24(3)4)18-20-44(32)36(51)31(25-16-13-12-14-17-25)43-37(52)42-28(38(5,6)7)23-45-29(46)21-39(8,9)22-30(45)47/h11,24-28,31-32H,2,10,12-23H2,1,3-9H3,(H,40,50)(H,41,49)(H2,42,43,52)/t26-,27?,28-,31+,32+/m1/s1. The summed E-state index contributed by atoms with van der Waals surface area (Å²) in [5.41, 5.74) is -0.960. The third-order valence-electron chi connectivity index (χ3n) is 10.9. The summed E-state index contributed by atoms with van der Waals surface area (Å²) in [7, 11) is 0. The lowest BCUT2D eigenvalue weighted by Crippen LogP contribution is -2.62. The van der Waals surface area contributed by atoms with Crippen LogP contribution in [-0.2, 0) is 28.8 Å². The highest BCUT2D eigenvalue weighted by Gasteiger charge is 2.47. The van der Waals surface area contributed by atoms with Gasteiger partial charge in [-0.1, -0.05) is 87.1 Å². The summed E-state index contributed by atoms with van der Waals surface area (Å²) >= 11 is 0. The van der Waals surface area contributed by atoms with Crippen molar-refractivity contribution >= 4 is 41.4 Å². The molecule has 0 radical (unpaired) electrons. The highest BCUT2D eigenvalue weighted by Crippen LogP contribution is 2.35. The molecule has 2 aliphatic heterocycles. The van der Waals surface area contributed by atoms with Gasteiger partial charge >= 0.3 is 6.03 Å². The molecule has 1 unspecified atom stereocenters. The molecule has 7 amide bonds. The number of carbonyl (C=O) groups is 7. The summed E-state index contributed by atoms with van der Waals surface area (Å²) < 4.78 is 0. The van der Waals surface area contributed by atoms with Crippen LogP contribution in [0.4, 0.5) is 4.79 Å². The van der Waals surface area contributed by atoms with Crippen molar-refractivity contribution in [3.05, 3.63) is 12.7 Å². The zero-order valence-corrected chi connectivity index (χ0v) is 32.8. The largest absolute Gasteiger partial charge is 0.346 e. The van der Waals surface area contributed by atoms with Crippen molar-refractivity contribution in [3.63, 3.8) is 0 Å². The van der Waals surface area contributed by atoms with E-state index in [0.29, 0.717) is 19.4 Å². The third kappa shape index (κ3) is 11.1. The maximum Gasteiger partial charge on any atom is 0.315 e. The number of imide groups is 1. The summed E-state index contributed by atoms with van der Waals surface area (Å²) in [6, 6.07) is -4.05. The number of nitrogens with zero attached hydrogens (tertiary/aromatic N) is 2. The van der Waals surface area contributed by atoms with Crippen molar-refractivity contribution in [2.75, 3.05) is 19.6 Å². The van der Waals surface area contributed by atoms with E-state index in [-0.39, 0.29) is 67.8 Å². The van der Waals surface area contributed by atoms with Gasteiger partial charge in [-0.2, -0.15) is 0 Å². The van der Waals surface area contributed by atoms with Crippen molar-refractivity contribution in [2.45, 2.75) is 144 Å². The van der Waals surface area contributed by atoms with E-state index in [0.717, 1.165) is 32.1 Å². The Hall–Kier alpha value is -3.77. The first-order chi connectivity index (χ1) is 24.3. The molecular weight excluding hydrogens is 664 g/mol. The van der Waals surface area contributed by atoms with Crippen molar-refractivity contribution < 1.29 is 33.6 Å². The van der Waals surface area contributed by atoms with Crippen LogP contribution in [-0.4, -0.2) is 95.0 Å². The van der Waals surface area contributed by atoms with Gasteiger partial charge in [0.1, 0.15) is 12.1 Å². The molecule has 1 aliphatic carbocycles. The van der Waals surface area contributed by atoms with Crippen LogP contribution in [0, 0.1) is 28.6 Å². The van der Waals surface area contributed by atoms with Crippen LogP contribution in [0.2, 0.25) is 0 Å². The van der Waals surface area contributed by atoms with Crippen molar-refractivity contribution in [1.82, 2.24) is 31.1 Å². The van der Waals surface area contributed by atoms with E-state index in [1.807, 2.05) is 55.4 Å². The molecule has 0 aromatic carbocycles. The van der Waals surface area contributed by atoms with E-state index < -0.39 is 58.6 Å². The Kier molecular flexibility index (Phi) is 15.0. The van der Waals surface area contributed by atoms with Crippen molar-refractivity contribution in [3.8, 4) is 0 Å². The first-order valence-electron chi connectivity index (χ1n) is 19.2. The second-order valence-electron chi connectivity index (χ2n) is 17.2. The molecule has 0 aromatic rings. The summed E-state index contributed by atoms with van der Waals surface area (Å²) in [5.74, 6) is -3.28. The van der Waals surface area contributed by atoms with Gasteiger partial charge in [0.2, 0.25) is 29.4 Å². The van der Waals surface area contributed by atoms with Gasteiger partial charge in [-0.05, 0) is 54.3 Å². The Labute approximate surface area is 310 Å². The van der Waals surface area contributed by atoms with Gasteiger partial charge in [0.05, 0.1) is 12.1 Å². The number of amides is 7. The van der Waals surface area contributed by atoms with Crippen LogP contribution in [0.3, 0.4) is 0 Å². The molecule has 0 bridgehead atoms. The minimum atomic E-state index is -1.05. The number of rotatable bonds is 15. The fourth-order valence-corrected chi connectivity index (χ4v) is 7.82. The van der Waals surface area contributed by atoms with Crippen LogP contribution < -0.4 is 21.3 Å². The predicted molar refractivity (Wildman–Crippen MR) is 199 cm³/mol. The average Bonchev–Trinajstić information content (AvgIpc) is 3.52. The van der Waals surface area contributed by atoms with Gasteiger partial charge in [-0.25, -0.2) is 4.79 Å². The maximum atomic E-state index is 14.6. The lowest BCUT2D eigenvalue weighted by molar-refractivity contribution is -0.153. The van der Waals surface area contributed by atoms with E-state index in [9.17, 15) is 33.6 Å². The number of carbonyl (C=O) groups excluding carboxylic acids is 7. The molecule has 52 heavy (non-hydrogen) atoms. The Morgan fingerprint density at radius 2 is 1.56 bits per heavy atom. The van der Waals surface area contributed by atoms with Gasteiger partial charge in [-0.15, -0.1) is 6.58 Å². The lowest BCUT2D eigenvalue weighted by Gasteiger charge is -2.40. The molecule has 0 aromatic heterocycles. The van der Waals surface area contributed by atoms with Crippen LogP contribution in [0.25, 0.3) is 0 Å². The topological polar surface area (TPSA) is 174 Å². The molecule has 2 heterocycles. The lowest BCUT2D eigenvalue weighted by atomic mass is 9.80. The van der Waals surface area contributed by atoms with E-state index in [1.165, 1.54) is 11.0 Å². The Bertz CT molecular complexity index is 1330. The molecule has 3 rings (SSSR count). The maximum absolute atomic E-state index is 14.6. The fraction of sp³-hybridized carbons (Fsp3) is 0.769. The van der Waals surface area contributed by atoms with Crippen molar-refractivity contribution in [2.24, 2.45) is 28.6 Å². The molecule has 3 fully saturated rings. The van der Waals surface area contributed by atoms with Crippen molar-refractivity contribution in [1.29, 1.82) is 0 Å². The molecule has 1 saturated carbocycles. The number of hydrogen-bond acceptors (Lipinski definition) is 7. The molecule has 5 atom stereocenters. The summed E-state index contributed by atoms with van der Waals surface area (Å²) in [6.45, 7) is 19.4. The Morgan fingerprint density at radius 1 is 0.942 bits per heavy atom. The number of hydrogen-bond donors (Lipinski definition) is 4. The van der Waals surface area contributed by atoms with Crippen LogP contribution in [0.15, 0.2) is 12.7 Å². The normalized spacial score (nSPS) is 22.7. The molecule has 2 saturated heterocycles. The summed E-state index contributed by atoms with van der Waals surface area (Å²) in [4.78, 5) is 97.0. The van der Waals surface area contributed by atoms with E-state index >= 15 is 0 Å². The minimum Gasteiger partial charge on any atom is -0.346 e. The second-order valence-corrected chi connectivity index (χ2v) is 17.2. The van der Waals surface area contributed by atoms with E-state index in [1.54, 1.807) is 4.90 Å². The van der Waals surface area contributed by atoms with Gasteiger partial charge in [0.25, 0.3) is 5.91 Å². The van der Waals surface area contributed by atoms with E-state index in [4.69, 9.17) is 0 Å². The average molecular weight is 729 g/mol. The molecule has 13 nitrogen and oxygen atoms in total. The number of ketones is 1. The highest BCUT2D eigenvalue weighted by molar-refractivity contribution is 6.38. The predicted octanol–water partition coefficient (Wildman–Crippen LogP) is 3.85. The Morgan fingerprint density at radius 3 is 2.10 bits per heavy atom. The minimum absolute atomic E-state index is 0.0143. The smallest absolute Gasteiger partial charge is 0.315 e. The molecule has 13 heteroatoms. The monoisotopic (exact) mass is 728 g/mol.